The van der Waals surface area contributed by atoms with Crippen molar-refractivity contribution in [2.45, 2.75) is 19.3 Å². The summed E-state index contributed by atoms with van der Waals surface area (Å²) in [6, 6.07) is 6.00. The number of carbonyl (C=O) groups is 2. The first-order chi connectivity index (χ1) is 9.99. The summed E-state index contributed by atoms with van der Waals surface area (Å²) in [5.41, 5.74) is 0.346. The second-order valence-corrected chi connectivity index (χ2v) is 4.49. The number of ether oxygens (including phenoxy) is 1. The minimum absolute atomic E-state index is 0.0159. The molecule has 2 rings (SSSR count). The van der Waals surface area contributed by atoms with Crippen molar-refractivity contribution < 1.29 is 28.2 Å². The molecule has 0 bridgehead atoms. The van der Waals surface area contributed by atoms with Crippen LogP contribution in [0.1, 0.15) is 5.56 Å². The van der Waals surface area contributed by atoms with Gasteiger partial charge >= 0.3 is 6.61 Å². The highest BCUT2D eigenvalue weighted by Crippen LogP contribution is 2.20. The van der Waals surface area contributed by atoms with Gasteiger partial charge < -0.3 is 20.5 Å². The van der Waals surface area contributed by atoms with Crippen LogP contribution in [0.3, 0.4) is 0 Å². The van der Waals surface area contributed by atoms with Gasteiger partial charge in [-0.25, -0.2) is 0 Å². The molecular weight excluding hydrogens is 286 g/mol. The predicted octanol–water partition coefficient (Wildman–Crippen LogP) is 0.0111. The van der Waals surface area contributed by atoms with Gasteiger partial charge in [0, 0.05) is 18.7 Å². The van der Waals surface area contributed by atoms with Crippen LogP contribution in [0.5, 0.6) is 5.75 Å². The van der Waals surface area contributed by atoms with E-state index in [9.17, 15) is 23.5 Å². The molecule has 2 atom stereocenters. The normalized spacial score (nSPS) is 21.2. The molecule has 1 aliphatic heterocycles. The molecule has 1 heterocycles. The molecule has 1 aliphatic rings. The summed E-state index contributed by atoms with van der Waals surface area (Å²) in [7, 11) is 0. The fraction of sp³-hybridized carbons (Fsp3) is 0.385. The lowest BCUT2D eigenvalue weighted by Gasteiger charge is -2.14. The molecule has 21 heavy (non-hydrogen) atoms. The lowest BCUT2D eigenvalue weighted by molar-refractivity contribution is -0.135. The Hall–Kier alpha value is -2.22. The van der Waals surface area contributed by atoms with Gasteiger partial charge in [0.05, 0.1) is 6.10 Å². The number of hydrogen-bond donors (Lipinski definition) is 3. The minimum Gasteiger partial charge on any atom is -0.434 e. The third kappa shape index (κ3) is 3.66. The van der Waals surface area contributed by atoms with Gasteiger partial charge in [0.1, 0.15) is 11.7 Å². The smallest absolute Gasteiger partial charge is 0.387 e. The number of halogens is 2. The largest absolute Gasteiger partial charge is 0.434 e. The topological polar surface area (TPSA) is 87.7 Å². The Labute approximate surface area is 119 Å². The Bertz CT molecular complexity index is 539. The second kappa shape index (κ2) is 6.49. The lowest BCUT2D eigenvalue weighted by atomic mass is 10.0. The summed E-state index contributed by atoms with van der Waals surface area (Å²) >= 11 is 0. The van der Waals surface area contributed by atoms with Crippen LogP contribution in [0.4, 0.5) is 8.78 Å². The SMILES string of the molecule is O=C(NCc1ccccc1OC(F)F)C1C(=O)NCC1O. The Morgan fingerprint density at radius 1 is 1.48 bits per heavy atom. The molecule has 0 radical (unpaired) electrons. The molecule has 1 fully saturated rings. The third-order valence-electron chi connectivity index (χ3n) is 3.08. The molecule has 0 spiro atoms. The van der Waals surface area contributed by atoms with Crippen LogP contribution in [-0.4, -0.2) is 36.2 Å². The van der Waals surface area contributed by atoms with E-state index in [4.69, 9.17) is 0 Å². The molecule has 8 heteroatoms. The molecule has 2 amide bonds. The van der Waals surface area contributed by atoms with Gasteiger partial charge in [0.25, 0.3) is 0 Å². The highest BCUT2D eigenvalue weighted by Gasteiger charge is 2.38. The molecule has 0 aromatic heterocycles. The average molecular weight is 300 g/mol. The summed E-state index contributed by atoms with van der Waals surface area (Å²) < 4.78 is 28.8. The first-order valence-electron chi connectivity index (χ1n) is 6.25. The van der Waals surface area contributed by atoms with Gasteiger partial charge in [-0.3, -0.25) is 9.59 Å². The Kier molecular flexibility index (Phi) is 4.69. The molecule has 114 valence electrons. The van der Waals surface area contributed by atoms with E-state index in [0.717, 1.165) is 0 Å². The van der Waals surface area contributed by atoms with Crippen molar-refractivity contribution in [1.82, 2.24) is 10.6 Å². The fourth-order valence-electron chi connectivity index (χ4n) is 2.05. The third-order valence-corrected chi connectivity index (χ3v) is 3.08. The van der Waals surface area contributed by atoms with Crippen molar-refractivity contribution in [2.75, 3.05) is 6.54 Å². The molecule has 1 aromatic rings. The maximum absolute atomic E-state index is 12.3. The van der Waals surface area contributed by atoms with Crippen LogP contribution in [0.25, 0.3) is 0 Å². The number of hydrogen-bond acceptors (Lipinski definition) is 4. The number of benzene rings is 1. The molecule has 6 nitrogen and oxygen atoms in total. The van der Waals surface area contributed by atoms with Crippen molar-refractivity contribution in [3.05, 3.63) is 29.8 Å². The number of amides is 2. The van der Waals surface area contributed by atoms with Crippen LogP contribution in [0.2, 0.25) is 0 Å². The quantitative estimate of drug-likeness (QED) is 0.669. The zero-order valence-corrected chi connectivity index (χ0v) is 10.9. The summed E-state index contributed by atoms with van der Waals surface area (Å²) in [4.78, 5) is 23.2. The second-order valence-electron chi connectivity index (χ2n) is 4.49. The first-order valence-corrected chi connectivity index (χ1v) is 6.25. The summed E-state index contributed by atoms with van der Waals surface area (Å²) in [6.07, 6.45) is -1.09. The number of aliphatic hydroxyl groups is 1. The number of alkyl halides is 2. The van der Waals surface area contributed by atoms with E-state index in [2.05, 4.69) is 15.4 Å². The molecule has 1 saturated heterocycles. The van der Waals surface area contributed by atoms with E-state index in [1.54, 1.807) is 6.07 Å². The molecule has 1 aromatic carbocycles. The highest BCUT2D eigenvalue weighted by atomic mass is 19.3. The molecule has 2 unspecified atom stereocenters. The number of para-hydroxylation sites is 1. The number of carbonyl (C=O) groups excluding carboxylic acids is 2. The van der Waals surface area contributed by atoms with Crippen LogP contribution < -0.4 is 15.4 Å². The summed E-state index contributed by atoms with van der Waals surface area (Å²) in [5, 5.41) is 14.3. The Morgan fingerprint density at radius 3 is 2.81 bits per heavy atom. The molecule has 0 aliphatic carbocycles. The van der Waals surface area contributed by atoms with Crippen molar-refractivity contribution in [3.63, 3.8) is 0 Å². The Morgan fingerprint density at radius 2 is 2.19 bits per heavy atom. The highest BCUT2D eigenvalue weighted by molar-refractivity contribution is 6.02. The van der Waals surface area contributed by atoms with E-state index in [-0.39, 0.29) is 18.8 Å². The molecule has 3 N–H and O–H groups in total. The van der Waals surface area contributed by atoms with Gasteiger partial charge in [-0.15, -0.1) is 0 Å². The van der Waals surface area contributed by atoms with Crippen molar-refractivity contribution in [3.8, 4) is 5.75 Å². The van der Waals surface area contributed by atoms with Gasteiger partial charge in [-0.05, 0) is 6.07 Å². The van der Waals surface area contributed by atoms with Crippen LogP contribution in [0, 0.1) is 5.92 Å². The Balaban J connectivity index is 2.00. The summed E-state index contributed by atoms with van der Waals surface area (Å²) in [5.74, 6) is -2.46. The first kappa shape index (κ1) is 15.2. The summed E-state index contributed by atoms with van der Waals surface area (Å²) in [6.45, 7) is -3.04. The van der Waals surface area contributed by atoms with E-state index >= 15 is 0 Å². The average Bonchev–Trinajstić information content (AvgIpc) is 2.76. The zero-order valence-electron chi connectivity index (χ0n) is 10.9. The number of rotatable bonds is 5. The zero-order chi connectivity index (χ0) is 15.4. The fourth-order valence-corrected chi connectivity index (χ4v) is 2.05. The lowest BCUT2D eigenvalue weighted by Crippen LogP contribution is -2.39. The van der Waals surface area contributed by atoms with E-state index < -0.39 is 30.4 Å². The van der Waals surface area contributed by atoms with Crippen molar-refractivity contribution in [1.29, 1.82) is 0 Å². The minimum atomic E-state index is -2.97. The number of nitrogens with one attached hydrogen (secondary N) is 2. The maximum atomic E-state index is 12.3. The van der Waals surface area contributed by atoms with Crippen molar-refractivity contribution in [2.24, 2.45) is 5.92 Å². The van der Waals surface area contributed by atoms with Crippen LogP contribution >= 0.6 is 0 Å². The number of β-amino-alcohol motifs (C(OH)–C–C–N with tert-alkyl or cyclic N) is 1. The van der Waals surface area contributed by atoms with Crippen LogP contribution in [-0.2, 0) is 16.1 Å². The monoisotopic (exact) mass is 300 g/mol. The van der Waals surface area contributed by atoms with Crippen molar-refractivity contribution >= 4 is 11.8 Å². The van der Waals surface area contributed by atoms with Gasteiger partial charge in [0.2, 0.25) is 11.8 Å². The molecular formula is C13H14F2N2O4. The predicted molar refractivity (Wildman–Crippen MR) is 67.4 cm³/mol. The van der Waals surface area contributed by atoms with E-state index in [1.165, 1.54) is 18.2 Å². The maximum Gasteiger partial charge on any atom is 0.387 e. The van der Waals surface area contributed by atoms with Gasteiger partial charge in [-0.1, -0.05) is 18.2 Å². The van der Waals surface area contributed by atoms with Gasteiger partial charge in [-0.2, -0.15) is 8.78 Å². The van der Waals surface area contributed by atoms with Gasteiger partial charge in [0.15, 0.2) is 0 Å². The van der Waals surface area contributed by atoms with E-state index in [0.29, 0.717) is 5.56 Å². The van der Waals surface area contributed by atoms with Crippen LogP contribution in [0.15, 0.2) is 24.3 Å². The molecule has 0 saturated carbocycles. The standard InChI is InChI=1S/C13H14F2N2O4/c14-13(15)21-9-4-2-1-3-7(9)5-16-11(19)10-8(18)6-17-12(10)20/h1-4,8,10,13,18H,5-6H2,(H,16,19)(H,17,20). The van der Waals surface area contributed by atoms with E-state index in [1.807, 2.05) is 0 Å². The number of aliphatic hydroxyl groups excluding tert-OH is 1.